The molecule has 1 aromatic heterocycles. The zero-order valence-electron chi connectivity index (χ0n) is 36.6. The Balaban J connectivity index is 0.781. The first kappa shape index (κ1) is 43.7. The average Bonchev–Trinajstić information content (AvgIpc) is 3.27. The molecule has 4 amide bonds. The number of H-pyrrole nitrogens is 1. The third-order valence-electron chi connectivity index (χ3n) is 14.0. The van der Waals surface area contributed by atoms with Crippen molar-refractivity contribution in [2.45, 2.75) is 96.2 Å². The number of aromatic nitrogens is 2. The second-order valence-corrected chi connectivity index (χ2v) is 19.3. The van der Waals surface area contributed by atoms with E-state index in [-0.39, 0.29) is 34.9 Å². The predicted octanol–water partition coefficient (Wildman–Crippen LogP) is 4.66. The fraction of sp³-hybridized carbons (Fsp3) is 0.617. The highest BCUT2D eigenvalue weighted by atomic mass is 19.1. The van der Waals surface area contributed by atoms with E-state index in [4.69, 9.17) is 4.74 Å². The minimum absolute atomic E-state index is 0.0170. The highest BCUT2D eigenvalue weighted by Crippen LogP contribution is 2.41. The van der Waals surface area contributed by atoms with Crippen molar-refractivity contribution >= 4 is 34.6 Å². The molecule has 2 saturated carbocycles. The molecule has 15 heteroatoms. The van der Waals surface area contributed by atoms with E-state index in [0.29, 0.717) is 73.0 Å². The van der Waals surface area contributed by atoms with Gasteiger partial charge in [-0.25, -0.2) is 14.3 Å². The van der Waals surface area contributed by atoms with Crippen molar-refractivity contribution in [1.29, 1.82) is 0 Å². The number of hydrogen-bond acceptors (Lipinski definition) is 9. The summed E-state index contributed by atoms with van der Waals surface area (Å²) in [7, 11) is 0. The van der Waals surface area contributed by atoms with Gasteiger partial charge in [-0.05, 0) is 94.4 Å². The molecule has 334 valence electrons. The number of carbonyl (C=O) groups excluding carboxylic acids is 4. The Kier molecular flexibility index (Phi) is 13.3. The van der Waals surface area contributed by atoms with Crippen LogP contribution in [0.4, 0.5) is 9.18 Å². The second-order valence-electron chi connectivity index (χ2n) is 19.3. The van der Waals surface area contributed by atoms with Crippen LogP contribution in [0, 0.1) is 23.6 Å². The number of ether oxygens (including phenoxy) is 1. The fourth-order valence-electron chi connectivity index (χ4n) is 10.6. The normalized spacial score (nSPS) is 23.4. The van der Waals surface area contributed by atoms with E-state index in [1.54, 1.807) is 29.2 Å². The Hall–Kier alpha value is -4.89. The van der Waals surface area contributed by atoms with E-state index in [1.165, 1.54) is 12.5 Å². The maximum absolute atomic E-state index is 15.1. The van der Waals surface area contributed by atoms with Gasteiger partial charge in [0.1, 0.15) is 17.5 Å². The van der Waals surface area contributed by atoms with Gasteiger partial charge in [0.15, 0.2) is 0 Å². The van der Waals surface area contributed by atoms with Gasteiger partial charge in [-0.1, -0.05) is 43.5 Å². The lowest BCUT2D eigenvalue weighted by molar-refractivity contribution is -0.145. The van der Waals surface area contributed by atoms with Gasteiger partial charge in [0.25, 0.3) is 11.5 Å². The van der Waals surface area contributed by atoms with Crippen LogP contribution in [0.5, 0.6) is 0 Å². The first-order valence-electron chi connectivity index (χ1n) is 22.9. The smallest absolute Gasteiger partial charge is 0.408 e. The van der Waals surface area contributed by atoms with E-state index in [1.807, 2.05) is 37.8 Å². The number of fused-ring (bicyclic) bond motifs is 4. The summed E-state index contributed by atoms with van der Waals surface area (Å²) in [5.74, 6) is 0.186. The van der Waals surface area contributed by atoms with Gasteiger partial charge in [-0.2, -0.15) is 5.10 Å². The molecule has 4 saturated heterocycles. The van der Waals surface area contributed by atoms with Crippen LogP contribution in [0.3, 0.4) is 0 Å². The molecular formula is C47H63FN8O6. The Bertz CT molecular complexity index is 2170. The van der Waals surface area contributed by atoms with Crippen molar-refractivity contribution in [3.8, 4) is 0 Å². The number of halogens is 1. The summed E-state index contributed by atoms with van der Waals surface area (Å²) in [6.45, 7) is 12.4. The summed E-state index contributed by atoms with van der Waals surface area (Å²) < 4.78 is 20.7. The number of aromatic amines is 1. The number of nitrogens with one attached hydrogen (secondary N) is 2. The minimum atomic E-state index is -0.632. The molecule has 2 bridgehead atoms. The molecule has 2 aliphatic carbocycles. The summed E-state index contributed by atoms with van der Waals surface area (Å²) in [4.78, 5) is 76.6. The Morgan fingerprint density at radius 3 is 2.26 bits per heavy atom. The summed E-state index contributed by atoms with van der Waals surface area (Å²) in [5, 5.41) is 11.0. The number of nitrogens with zero attached hydrogens (tertiary/aromatic N) is 6. The Morgan fingerprint density at radius 2 is 1.56 bits per heavy atom. The molecule has 0 spiro atoms. The summed E-state index contributed by atoms with van der Waals surface area (Å²) in [6, 6.07) is 11.3. The molecular weight excluding hydrogens is 792 g/mol. The minimum Gasteiger partial charge on any atom is -0.444 e. The molecule has 6 fully saturated rings. The topological polar surface area (TPSA) is 151 Å². The van der Waals surface area contributed by atoms with Crippen molar-refractivity contribution in [2.24, 2.45) is 17.8 Å². The number of alkyl carbamates (subject to hydrolysis) is 1. The maximum atomic E-state index is 15.1. The highest BCUT2D eigenvalue weighted by Gasteiger charge is 2.46. The van der Waals surface area contributed by atoms with Gasteiger partial charge in [0, 0.05) is 83.3 Å². The molecule has 3 aromatic rings. The lowest BCUT2D eigenvalue weighted by Gasteiger charge is -2.52. The van der Waals surface area contributed by atoms with Gasteiger partial charge in [-0.3, -0.25) is 24.1 Å². The molecule has 4 aliphatic heterocycles. The molecule has 2 N–H and O–H groups in total. The predicted molar refractivity (Wildman–Crippen MR) is 233 cm³/mol. The van der Waals surface area contributed by atoms with Crippen molar-refractivity contribution in [3.05, 3.63) is 75.5 Å². The molecule has 62 heavy (non-hydrogen) atoms. The Morgan fingerprint density at radius 1 is 0.871 bits per heavy atom. The van der Waals surface area contributed by atoms with Crippen molar-refractivity contribution in [3.63, 3.8) is 0 Å². The van der Waals surface area contributed by atoms with Crippen LogP contribution < -0.4 is 10.9 Å². The summed E-state index contributed by atoms with van der Waals surface area (Å²) in [6.07, 6.45) is 8.15. The molecule has 9 rings (SSSR count). The zero-order chi connectivity index (χ0) is 43.5. The molecule has 14 nitrogen and oxygen atoms in total. The van der Waals surface area contributed by atoms with E-state index in [0.717, 1.165) is 84.2 Å². The van der Waals surface area contributed by atoms with Gasteiger partial charge < -0.3 is 29.7 Å². The number of piperidine rings is 2. The van der Waals surface area contributed by atoms with Gasteiger partial charge in [0.05, 0.1) is 23.2 Å². The van der Waals surface area contributed by atoms with Crippen LogP contribution in [0.25, 0.3) is 10.8 Å². The molecule has 0 radical (unpaired) electrons. The van der Waals surface area contributed by atoms with Gasteiger partial charge in [-0.15, -0.1) is 0 Å². The maximum Gasteiger partial charge on any atom is 0.408 e. The number of hydrogen-bond donors (Lipinski definition) is 2. The first-order chi connectivity index (χ1) is 29.8. The fourth-order valence-corrected chi connectivity index (χ4v) is 10.6. The summed E-state index contributed by atoms with van der Waals surface area (Å²) in [5.41, 5.74) is 0.402. The van der Waals surface area contributed by atoms with Crippen LogP contribution >= 0.6 is 0 Å². The van der Waals surface area contributed by atoms with Crippen LogP contribution in [-0.2, 0) is 20.7 Å². The van der Waals surface area contributed by atoms with Gasteiger partial charge in [0.2, 0.25) is 11.8 Å². The van der Waals surface area contributed by atoms with Crippen LogP contribution in [0.15, 0.2) is 47.3 Å². The van der Waals surface area contributed by atoms with E-state index in [9.17, 15) is 24.0 Å². The molecule has 6 aliphatic rings. The van der Waals surface area contributed by atoms with Crippen LogP contribution in [0.2, 0.25) is 0 Å². The molecule has 4 atom stereocenters. The third-order valence-corrected chi connectivity index (χ3v) is 14.0. The highest BCUT2D eigenvalue weighted by molar-refractivity contribution is 5.95. The Labute approximate surface area is 363 Å². The van der Waals surface area contributed by atoms with Gasteiger partial charge >= 0.3 is 6.09 Å². The average molecular weight is 855 g/mol. The third kappa shape index (κ3) is 10.1. The van der Waals surface area contributed by atoms with Crippen molar-refractivity contribution < 1.29 is 28.3 Å². The van der Waals surface area contributed by atoms with Crippen LogP contribution in [0.1, 0.15) is 93.8 Å². The molecule has 0 unspecified atom stereocenters. The largest absolute Gasteiger partial charge is 0.444 e. The number of rotatable bonds is 10. The van der Waals surface area contributed by atoms with E-state index >= 15 is 4.39 Å². The standard InChI is InChI=1S/C47H63FN8O6/c1-47(2,3)62-46(61)49-42(32-9-5-4-6-10-32)45(60)56-29-33-14-15-35(56)27-34(33)28-52-17-19-53(20-18-52)30-41(57)54-21-23-55(24-22-54)44(59)38-25-31(13-16-39(38)48)26-40-36-11-7-8-12-37(36)43(58)51-50-40/h7-8,11-13,16,25,32-35,42H,4-6,9-10,14-15,17-24,26-30H2,1-3H3,(H,49,61)(H,51,58)/t33-,34-,35-,42+/m0/s1. The van der Waals surface area contributed by atoms with Crippen molar-refractivity contribution in [1.82, 2.24) is 40.0 Å². The van der Waals surface area contributed by atoms with E-state index < -0.39 is 29.5 Å². The monoisotopic (exact) mass is 854 g/mol. The lowest BCUT2D eigenvalue weighted by Crippen LogP contribution is -2.62. The first-order valence-corrected chi connectivity index (χ1v) is 22.9. The molecule has 2 aromatic carbocycles. The number of amides is 4. The summed E-state index contributed by atoms with van der Waals surface area (Å²) >= 11 is 0. The number of benzene rings is 2. The molecule has 5 heterocycles. The van der Waals surface area contributed by atoms with Crippen molar-refractivity contribution in [2.75, 3.05) is 72.0 Å². The number of carbonyl (C=O) groups is 4. The van der Waals surface area contributed by atoms with Crippen LogP contribution in [-0.4, -0.2) is 148 Å². The zero-order valence-corrected chi connectivity index (χ0v) is 36.6. The second kappa shape index (κ2) is 18.8. The van der Waals surface area contributed by atoms with E-state index in [2.05, 4.69) is 30.2 Å². The lowest BCUT2D eigenvalue weighted by atomic mass is 9.71. The quantitative estimate of drug-likeness (QED) is 0.297. The SMILES string of the molecule is CC(C)(C)OC(=O)N[C@@H](C(=O)N1C[C@@H]2CC[C@H]1C[C@H]2CN1CCN(CC(=O)N2CCN(C(=O)c3cc(Cc4n[nH]c(=O)c5ccccc45)ccc3F)CC2)CC1)C1CCCCC1. The number of piperazine rings is 2.